The van der Waals surface area contributed by atoms with Crippen molar-refractivity contribution in [2.24, 2.45) is 5.41 Å². The monoisotopic (exact) mass is 518 g/mol. The summed E-state index contributed by atoms with van der Waals surface area (Å²) in [5.74, 6) is 0.241. The Morgan fingerprint density at radius 3 is 2.43 bits per heavy atom. The van der Waals surface area contributed by atoms with Gasteiger partial charge >= 0.3 is 6.03 Å². The Labute approximate surface area is 214 Å². The smallest absolute Gasteiger partial charge is 0.320 e. The highest BCUT2D eigenvalue weighted by molar-refractivity contribution is 7.16. The van der Waals surface area contributed by atoms with E-state index in [9.17, 15) is 9.59 Å². The van der Waals surface area contributed by atoms with Gasteiger partial charge in [-0.2, -0.15) is 9.78 Å². The standard InChI is InChI=1S/C24H31ClN6O3S/c1-24(2,3)22(32)31-21(27-15-17-5-6-18(25)35-17)20(26-4)19(28-31)16-7-9-29(10-8-16)23(33)30-11-13-34-14-12-30/h5-6,16,27H,7-15H2,1-3H3. The van der Waals surface area contributed by atoms with Crippen molar-refractivity contribution in [2.75, 3.05) is 44.7 Å². The molecule has 1 N–H and O–H groups in total. The van der Waals surface area contributed by atoms with Gasteiger partial charge in [-0.3, -0.25) is 4.79 Å². The average molecular weight is 519 g/mol. The summed E-state index contributed by atoms with van der Waals surface area (Å²) in [5.41, 5.74) is 0.338. The number of nitrogens with zero attached hydrogens (tertiary/aromatic N) is 5. The third kappa shape index (κ3) is 5.63. The van der Waals surface area contributed by atoms with Gasteiger partial charge in [-0.25, -0.2) is 9.64 Å². The molecule has 0 saturated carbocycles. The summed E-state index contributed by atoms with van der Waals surface area (Å²) in [5, 5.41) is 7.97. The molecule has 2 aromatic heterocycles. The van der Waals surface area contributed by atoms with Gasteiger partial charge in [0.2, 0.25) is 0 Å². The van der Waals surface area contributed by atoms with Crippen molar-refractivity contribution < 1.29 is 14.3 Å². The zero-order valence-corrected chi connectivity index (χ0v) is 21.9. The zero-order valence-electron chi connectivity index (χ0n) is 20.3. The number of morpholine rings is 1. The molecule has 0 radical (unpaired) electrons. The molecule has 4 heterocycles. The summed E-state index contributed by atoms with van der Waals surface area (Å²) in [4.78, 5) is 34.6. The molecule has 2 amide bonds. The van der Waals surface area contributed by atoms with Crippen LogP contribution in [0.3, 0.4) is 0 Å². The van der Waals surface area contributed by atoms with E-state index in [1.165, 1.54) is 16.0 Å². The fourth-order valence-corrected chi connectivity index (χ4v) is 5.38. The number of hydrogen-bond donors (Lipinski definition) is 1. The van der Waals surface area contributed by atoms with Crippen molar-refractivity contribution in [2.45, 2.75) is 46.1 Å². The number of hydrogen-bond acceptors (Lipinski definition) is 6. The lowest BCUT2D eigenvalue weighted by Gasteiger charge is -2.36. The van der Waals surface area contributed by atoms with E-state index in [4.69, 9.17) is 22.9 Å². The van der Waals surface area contributed by atoms with Gasteiger partial charge in [-0.15, -0.1) is 11.3 Å². The van der Waals surface area contributed by atoms with Crippen LogP contribution in [0, 0.1) is 12.0 Å². The van der Waals surface area contributed by atoms with Gasteiger partial charge in [0.1, 0.15) is 5.82 Å². The lowest BCUT2D eigenvalue weighted by Crippen LogP contribution is -2.50. The number of carbonyl (C=O) groups is 2. The van der Waals surface area contributed by atoms with Crippen LogP contribution in [0.1, 0.15) is 54.9 Å². The maximum atomic E-state index is 13.3. The van der Waals surface area contributed by atoms with E-state index in [0.29, 0.717) is 80.3 Å². The molecule has 35 heavy (non-hydrogen) atoms. The average Bonchev–Trinajstić information content (AvgIpc) is 3.44. The summed E-state index contributed by atoms with van der Waals surface area (Å²) in [7, 11) is 0. The second-order valence-corrected chi connectivity index (χ2v) is 11.7. The molecule has 0 unspecified atom stereocenters. The first-order chi connectivity index (χ1) is 16.7. The molecule has 0 aromatic carbocycles. The van der Waals surface area contributed by atoms with Crippen molar-refractivity contribution in [3.05, 3.63) is 38.5 Å². The van der Waals surface area contributed by atoms with Crippen molar-refractivity contribution >= 4 is 46.4 Å². The van der Waals surface area contributed by atoms with Gasteiger partial charge in [0, 0.05) is 43.0 Å². The quantitative estimate of drug-likeness (QED) is 0.571. The molecule has 4 rings (SSSR count). The highest BCUT2D eigenvalue weighted by Gasteiger charge is 2.34. The minimum atomic E-state index is -0.667. The summed E-state index contributed by atoms with van der Waals surface area (Å²) in [6.07, 6.45) is 1.39. The van der Waals surface area contributed by atoms with Gasteiger partial charge < -0.3 is 19.9 Å². The fraction of sp³-hybridized carbons (Fsp3) is 0.583. The number of halogens is 1. The number of amides is 2. The highest BCUT2D eigenvalue weighted by atomic mass is 35.5. The van der Waals surface area contributed by atoms with Crippen molar-refractivity contribution in [3.63, 3.8) is 0 Å². The molecule has 9 nitrogen and oxygen atoms in total. The van der Waals surface area contributed by atoms with E-state index in [1.807, 2.05) is 42.7 Å². The molecule has 11 heteroatoms. The molecule has 188 valence electrons. The topological polar surface area (TPSA) is 84.1 Å². The van der Waals surface area contributed by atoms with E-state index >= 15 is 0 Å². The van der Waals surface area contributed by atoms with Crippen molar-refractivity contribution in [3.8, 4) is 0 Å². The zero-order chi connectivity index (χ0) is 25.2. The van der Waals surface area contributed by atoms with Gasteiger partial charge in [-0.1, -0.05) is 32.4 Å². The van der Waals surface area contributed by atoms with Crippen LogP contribution in [-0.4, -0.2) is 70.9 Å². The second-order valence-electron chi connectivity index (χ2n) is 9.86. The molecule has 0 bridgehead atoms. The lowest BCUT2D eigenvalue weighted by atomic mass is 9.93. The number of carbonyl (C=O) groups excluding carboxylic acids is 2. The number of urea groups is 1. The van der Waals surface area contributed by atoms with Gasteiger partial charge in [0.25, 0.3) is 11.6 Å². The number of ether oxygens (including phenoxy) is 1. The Balaban J connectivity index is 1.55. The minimum Gasteiger partial charge on any atom is -0.378 e. The molecule has 2 saturated heterocycles. The van der Waals surface area contributed by atoms with Gasteiger partial charge in [-0.05, 0) is 30.9 Å². The van der Waals surface area contributed by atoms with E-state index < -0.39 is 5.41 Å². The summed E-state index contributed by atoms with van der Waals surface area (Å²) < 4.78 is 7.40. The summed E-state index contributed by atoms with van der Waals surface area (Å²) in [6.45, 7) is 17.4. The molecule has 2 fully saturated rings. The molecule has 0 atom stereocenters. The predicted molar refractivity (Wildman–Crippen MR) is 137 cm³/mol. The Bertz CT molecular complexity index is 1120. The van der Waals surface area contributed by atoms with Crippen molar-refractivity contribution in [1.29, 1.82) is 0 Å². The number of nitrogens with one attached hydrogen (secondary N) is 1. The largest absolute Gasteiger partial charge is 0.378 e. The van der Waals surface area contributed by atoms with Crippen LogP contribution < -0.4 is 5.32 Å². The number of aromatic nitrogens is 2. The van der Waals surface area contributed by atoms with E-state index in [2.05, 4.69) is 15.3 Å². The van der Waals surface area contributed by atoms with E-state index in [-0.39, 0.29) is 17.9 Å². The Kier molecular flexibility index (Phi) is 7.69. The number of anilines is 1. The Morgan fingerprint density at radius 2 is 1.86 bits per heavy atom. The third-order valence-corrected chi connectivity index (χ3v) is 7.56. The first-order valence-corrected chi connectivity index (χ1v) is 13.0. The number of likely N-dealkylation sites (tertiary alicyclic amines) is 1. The number of piperidine rings is 1. The first kappa shape index (κ1) is 25.5. The predicted octanol–water partition coefficient (Wildman–Crippen LogP) is 5.08. The van der Waals surface area contributed by atoms with E-state index in [1.54, 1.807) is 0 Å². The minimum absolute atomic E-state index is 0.00131. The van der Waals surface area contributed by atoms with Crippen LogP contribution in [0.15, 0.2) is 12.1 Å². The maximum Gasteiger partial charge on any atom is 0.320 e. The van der Waals surface area contributed by atoms with Gasteiger partial charge in [0.15, 0.2) is 0 Å². The molecule has 2 aliphatic heterocycles. The van der Waals surface area contributed by atoms with Crippen molar-refractivity contribution in [1.82, 2.24) is 19.6 Å². The fourth-order valence-electron chi connectivity index (χ4n) is 4.35. The van der Waals surface area contributed by atoms with Crippen LogP contribution in [0.5, 0.6) is 0 Å². The van der Waals surface area contributed by atoms with E-state index in [0.717, 1.165) is 4.88 Å². The SMILES string of the molecule is [C-]#[N+]c1c(C2CCN(C(=O)N3CCOCC3)CC2)nn(C(=O)C(C)(C)C)c1NCc1ccc(Cl)s1. The normalized spacial score (nSPS) is 17.3. The molecule has 0 aliphatic carbocycles. The third-order valence-electron chi connectivity index (χ3n) is 6.32. The highest BCUT2D eigenvalue weighted by Crippen LogP contribution is 2.40. The molecular formula is C24H31ClN6O3S. The van der Waals surface area contributed by atoms with Gasteiger partial charge in [0.05, 0.1) is 29.8 Å². The maximum absolute atomic E-state index is 13.3. The second kappa shape index (κ2) is 10.6. The first-order valence-electron chi connectivity index (χ1n) is 11.8. The summed E-state index contributed by atoms with van der Waals surface area (Å²) in [6, 6.07) is 3.79. The summed E-state index contributed by atoms with van der Waals surface area (Å²) >= 11 is 7.52. The van der Waals surface area contributed by atoms with Crippen LogP contribution in [0.2, 0.25) is 4.34 Å². The van der Waals surface area contributed by atoms with Crippen LogP contribution in [0.4, 0.5) is 16.3 Å². The van der Waals surface area contributed by atoms with Crippen LogP contribution >= 0.6 is 22.9 Å². The number of thiophene rings is 1. The molecule has 2 aliphatic rings. The Hall–Kier alpha value is -2.61. The van der Waals surface area contributed by atoms with Crippen LogP contribution in [0.25, 0.3) is 4.85 Å². The molecule has 2 aromatic rings. The molecule has 0 spiro atoms. The lowest BCUT2D eigenvalue weighted by molar-refractivity contribution is 0.0411. The Morgan fingerprint density at radius 1 is 1.20 bits per heavy atom. The molecular weight excluding hydrogens is 488 g/mol. The van der Waals surface area contributed by atoms with Crippen LogP contribution in [-0.2, 0) is 11.3 Å². The number of rotatable bonds is 4.